The van der Waals surface area contributed by atoms with E-state index in [4.69, 9.17) is 0 Å². The van der Waals surface area contributed by atoms with E-state index in [-0.39, 0.29) is 17.5 Å². The van der Waals surface area contributed by atoms with Crippen molar-refractivity contribution < 1.29 is 9.18 Å². The lowest BCUT2D eigenvalue weighted by molar-refractivity contribution is 0.0977. The predicted molar refractivity (Wildman–Crippen MR) is 90.1 cm³/mol. The molecule has 3 aromatic carbocycles. The second-order valence-electron chi connectivity index (χ2n) is 5.51. The third kappa shape index (κ3) is 3.72. The number of hydrogen-bond acceptors (Lipinski definition) is 1. The first-order valence-corrected chi connectivity index (χ1v) is 7.62. The van der Waals surface area contributed by atoms with Gasteiger partial charge < -0.3 is 0 Å². The van der Waals surface area contributed by atoms with Crippen molar-refractivity contribution in [3.63, 3.8) is 0 Å². The molecule has 2 heteroatoms. The van der Waals surface area contributed by atoms with Crippen LogP contribution in [0, 0.1) is 5.82 Å². The predicted octanol–water partition coefficient (Wildman–Crippen LogP) is 5.23. The van der Waals surface area contributed by atoms with E-state index in [1.54, 1.807) is 12.1 Å². The molecule has 0 amide bonds. The molecule has 0 aliphatic rings. The monoisotopic (exact) mass is 304 g/mol. The number of rotatable bonds is 5. The van der Waals surface area contributed by atoms with Gasteiger partial charge in [0.2, 0.25) is 0 Å². The largest absolute Gasteiger partial charge is 0.294 e. The van der Waals surface area contributed by atoms with E-state index in [9.17, 15) is 9.18 Å². The Morgan fingerprint density at radius 1 is 0.739 bits per heavy atom. The maximum Gasteiger partial charge on any atom is 0.163 e. The molecule has 23 heavy (non-hydrogen) atoms. The average Bonchev–Trinajstić information content (AvgIpc) is 2.62. The van der Waals surface area contributed by atoms with E-state index in [0.717, 1.165) is 11.1 Å². The Morgan fingerprint density at radius 2 is 1.26 bits per heavy atom. The van der Waals surface area contributed by atoms with Gasteiger partial charge in [-0.25, -0.2) is 4.39 Å². The summed E-state index contributed by atoms with van der Waals surface area (Å²) in [5.74, 6) is -0.261. The second-order valence-corrected chi connectivity index (χ2v) is 5.51. The number of ketones is 1. The summed E-state index contributed by atoms with van der Waals surface area (Å²) in [5.41, 5.74) is 2.71. The fourth-order valence-corrected chi connectivity index (χ4v) is 2.74. The van der Waals surface area contributed by atoms with Crippen LogP contribution in [0.15, 0.2) is 84.9 Å². The van der Waals surface area contributed by atoms with Crippen molar-refractivity contribution in [3.05, 3.63) is 107 Å². The normalized spacial score (nSPS) is 11.9. The van der Waals surface area contributed by atoms with Crippen molar-refractivity contribution in [1.29, 1.82) is 0 Å². The fourth-order valence-electron chi connectivity index (χ4n) is 2.74. The standard InChI is InChI=1S/C21H17FO/c22-19-13-11-17(12-14-19)20(16-7-3-1-4-8-16)15-21(23)18-9-5-2-6-10-18/h1-14,20H,15H2/t20-/m0/s1. The highest BCUT2D eigenvalue weighted by Gasteiger charge is 2.19. The van der Waals surface area contributed by atoms with Crippen LogP contribution in [0.4, 0.5) is 4.39 Å². The molecular weight excluding hydrogens is 287 g/mol. The Hall–Kier alpha value is -2.74. The molecule has 0 radical (unpaired) electrons. The number of benzene rings is 3. The smallest absolute Gasteiger partial charge is 0.163 e. The number of carbonyl (C=O) groups excluding carboxylic acids is 1. The Morgan fingerprint density at radius 3 is 1.87 bits per heavy atom. The van der Waals surface area contributed by atoms with Crippen molar-refractivity contribution in [2.24, 2.45) is 0 Å². The average molecular weight is 304 g/mol. The van der Waals surface area contributed by atoms with E-state index < -0.39 is 0 Å². The zero-order valence-electron chi connectivity index (χ0n) is 12.7. The van der Waals surface area contributed by atoms with E-state index in [1.807, 2.05) is 60.7 Å². The highest BCUT2D eigenvalue weighted by Crippen LogP contribution is 2.29. The SMILES string of the molecule is O=C(C[C@@H](c1ccccc1)c1ccc(F)cc1)c1ccccc1. The summed E-state index contributed by atoms with van der Waals surface area (Å²) in [7, 11) is 0. The van der Waals surface area contributed by atoms with Gasteiger partial charge in [0.05, 0.1) is 0 Å². The molecule has 0 saturated heterocycles. The summed E-state index contributed by atoms with van der Waals surface area (Å²) in [6.45, 7) is 0. The summed E-state index contributed by atoms with van der Waals surface area (Å²) in [4.78, 5) is 12.6. The molecule has 1 nitrogen and oxygen atoms in total. The summed E-state index contributed by atoms with van der Waals surface area (Å²) >= 11 is 0. The van der Waals surface area contributed by atoms with Crippen LogP contribution in [-0.2, 0) is 0 Å². The Bertz CT molecular complexity index is 764. The van der Waals surface area contributed by atoms with E-state index in [0.29, 0.717) is 12.0 Å². The molecular formula is C21H17FO. The zero-order valence-corrected chi connectivity index (χ0v) is 12.7. The summed E-state index contributed by atoms with van der Waals surface area (Å²) in [6, 6.07) is 25.6. The van der Waals surface area contributed by atoms with Crippen molar-refractivity contribution in [3.8, 4) is 0 Å². The lowest BCUT2D eigenvalue weighted by Gasteiger charge is -2.17. The lowest BCUT2D eigenvalue weighted by Crippen LogP contribution is -2.09. The van der Waals surface area contributed by atoms with Crippen LogP contribution >= 0.6 is 0 Å². The molecule has 3 rings (SSSR count). The second kappa shape index (κ2) is 7.01. The molecule has 0 aromatic heterocycles. The molecule has 1 atom stereocenters. The van der Waals surface area contributed by atoms with Crippen LogP contribution in [0.5, 0.6) is 0 Å². The molecule has 0 saturated carbocycles. The van der Waals surface area contributed by atoms with Gasteiger partial charge in [-0.2, -0.15) is 0 Å². The third-order valence-electron chi connectivity index (χ3n) is 3.96. The van der Waals surface area contributed by atoms with Crippen LogP contribution in [-0.4, -0.2) is 5.78 Å². The van der Waals surface area contributed by atoms with Gasteiger partial charge in [-0.05, 0) is 23.3 Å². The lowest BCUT2D eigenvalue weighted by atomic mass is 9.86. The van der Waals surface area contributed by atoms with Crippen molar-refractivity contribution in [1.82, 2.24) is 0 Å². The van der Waals surface area contributed by atoms with Crippen molar-refractivity contribution in [2.75, 3.05) is 0 Å². The van der Waals surface area contributed by atoms with Crippen LogP contribution in [0.3, 0.4) is 0 Å². The molecule has 0 aliphatic heterocycles. The minimum absolute atomic E-state index is 0.0792. The Kier molecular flexibility index (Phi) is 4.62. The molecule has 0 unspecified atom stereocenters. The number of hydrogen-bond donors (Lipinski definition) is 0. The first-order chi connectivity index (χ1) is 11.2. The Labute approximate surface area is 135 Å². The van der Waals surface area contributed by atoms with E-state index in [2.05, 4.69) is 0 Å². The molecule has 0 N–H and O–H groups in total. The summed E-state index contributed by atoms with van der Waals surface area (Å²) in [6.07, 6.45) is 0.361. The highest BCUT2D eigenvalue weighted by atomic mass is 19.1. The van der Waals surface area contributed by atoms with Gasteiger partial charge >= 0.3 is 0 Å². The Balaban J connectivity index is 1.93. The molecule has 3 aromatic rings. The maximum absolute atomic E-state index is 13.2. The zero-order chi connectivity index (χ0) is 16.1. The summed E-state index contributed by atoms with van der Waals surface area (Å²) < 4.78 is 13.2. The highest BCUT2D eigenvalue weighted by molar-refractivity contribution is 5.96. The molecule has 0 spiro atoms. The van der Waals surface area contributed by atoms with Crippen LogP contribution in [0.25, 0.3) is 0 Å². The molecule has 0 fully saturated rings. The van der Waals surface area contributed by atoms with Gasteiger partial charge in [-0.15, -0.1) is 0 Å². The number of Topliss-reactive ketones (excluding diaryl/α,β-unsaturated/α-hetero) is 1. The van der Waals surface area contributed by atoms with Gasteiger partial charge in [-0.1, -0.05) is 72.8 Å². The van der Waals surface area contributed by atoms with Gasteiger partial charge in [0.25, 0.3) is 0 Å². The molecule has 114 valence electrons. The van der Waals surface area contributed by atoms with Crippen LogP contribution < -0.4 is 0 Å². The quantitative estimate of drug-likeness (QED) is 0.590. The van der Waals surface area contributed by atoms with Gasteiger partial charge in [0.15, 0.2) is 5.78 Å². The van der Waals surface area contributed by atoms with Gasteiger partial charge in [0.1, 0.15) is 5.82 Å². The molecule has 0 bridgehead atoms. The number of halogens is 1. The van der Waals surface area contributed by atoms with E-state index >= 15 is 0 Å². The minimum atomic E-state index is -0.269. The van der Waals surface area contributed by atoms with Gasteiger partial charge in [-0.3, -0.25) is 4.79 Å². The molecule has 0 heterocycles. The van der Waals surface area contributed by atoms with Crippen LogP contribution in [0.2, 0.25) is 0 Å². The first kappa shape index (κ1) is 15.2. The van der Waals surface area contributed by atoms with Crippen LogP contribution in [0.1, 0.15) is 33.8 Å². The topological polar surface area (TPSA) is 17.1 Å². The first-order valence-electron chi connectivity index (χ1n) is 7.62. The third-order valence-corrected chi connectivity index (χ3v) is 3.96. The molecule has 0 aliphatic carbocycles. The maximum atomic E-state index is 13.2. The summed E-state index contributed by atoms with van der Waals surface area (Å²) in [5, 5.41) is 0. The fraction of sp³-hybridized carbons (Fsp3) is 0.0952. The van der Waals surface area contributed by atoms with E-state index in [1.165, 1.54) is 12.1 Å². The van der Waals surface area contributed by atoms with Crippen molar-refractivity contribution >= 4 is 5.78 Å². The van der Waals surface area contributed by atoms with Gasteiger partial charge in [0, 0.05) is 17.9 Å². The number of carbonyl (C=O) groups is 1. The van der Waals surface area contributed by atoms with Crippen molar-refractivity contribution in [2.45, 2.75) is 12.3 Å². The minimum Gasteiger partial charge on any atom is -0.294 e.